The van der Waals surface area contributed by atoms with Crippen molar-refractivity contribution in [2.75, 3.05) is 5.32 Å². The van der Waals surface area contributed by atoms with Crippen molar-refractivity contribution in [2.45, 2.75) is 20.3 Å². The molecule has 108 valence electrons. The zero-order chi connectivity index (χ0) is 15.4. The van der Waals surface area contributed by atoms with Crippen molar-refractivity contribution in [3.8, 4) is 0 Å². The average Bonchev–Trinajstić information content (AvgIpc) is 2.47. The lowest BCUT2D eigenvalue weighted by Gasteiger charge is -2.14. The van der Waals surface area contributed by atoms with E-state index >= 15 is 0 Å². The highest BCUT2D eigenvalue weighted by Gasteiger charge is 2.18. The fourth-order valence-electron chi connectivity index (χ4n) is 1.94. The Labute approximate surface area is 128 Å². The molecule has 0 bridgehead atoms. The summed E-state index contributed by atoms with van der Waals surface area (Å²) in [6.07, 6.45) is 1.95. The second-order valence-corrected chi connectivity index (χ2v) is 4.97. The zero-order valence-electron chi connectivity index (χ0n) is 11.9. The van der Waals surface area contributed by atoms with E-state index in [-0.39, 0.29) is 10.8 Å². The number of ketones is 1. The molecule has 0 saturated carbocycles. The molecule has 2 aromatic rings. The highest BCUT2D eigenvalue weighted by Crippen LogP contribution is 2.29. The number of carbonyl (C=O) groups excluding carboxylic acids is 1. The molecular weight excluding hydrogens is 286 g/mol. The molecule has 0 saturated heterocycles. The van der Waals surface area contributed by atoms with Crippen molar-refractivity contribution in [3.63, 3.8) is 0 Å². The van der Waals surface area contributed by atoms with E-state index in [1.807, 2.05) is 37.3 Å². The largest absolute Gasteiger partial charge is 0.340 e. The summed E-state index contributed by atoms with van der Waals surface area (Å²) in [5, 5.41) is 11.5. The maximum Gasteiger partial charge on any atom is 0.162 e. The first kappa shape index (κ1) is 15.2. The summed E-state index contributed by atoms with van der Waals surface area (Å²) < 4.78 is 0. The van der Waals surface area contributed by atoms with Crippen molar-refractivity contribution < 1.29 is 4.79 Å². The average molecular weight is 302 g/mol. The van der Waals surface area contributed by atoms with Gasteiger partial charge >= 0.3 is 0 Å². The molecule has 0 aliphatic rings. The Morgan fingerprint density at radius 3 is 2.57 bits per heavy atom. The lowest BCUT2D eigenvalue weighted by atomic mass is 10.0. The van der Waals surface area contributed by atoms with Crippen LogP contribution in [-0.4, -0.2) is 16.5 Å². The van der Waals surface area contributed by atoms with Crippen LogP contribution in [0.25, 0.3) is 0 Å². The molecular formula is C16H16ClN3O. The molecule has 0 aliphatic carbocycles. The third-order valence-corrected chi connectivity index (χ3v) is 3.48. The van der Waals surface area contributed by atoms with Gasteiger partial charge in [0.05, 0.1) is 16.1 Å². The molecule has 0 aliphatic heterocycles. The first-order valence-corrected chi connectivity index (χ1v) is 7.01. The van der Waals surface area contributed by atoms with E-state index in [1.165, 1.54) is 13.1 Å². The van der Waals surface area contributed by atoms with Gasteiger partial charge in [-0.2, -0.15) is 0 Å². The van der Waals surface area contributed by atoms with Crippen LogP contribution in [0, 0.1) is 5.41 Å². The predicted octanol–water partition coefficient (Wildman–Crippen LogP) is 4.46. The van der Waals surface area contributed by atoms with E-state index < -0.39 is 0 Å². The van der Waals surface area contributed by atoms with Crippen LogP contribution in [0.3, 0.4) is 0 Å². The Kier molecular flexibility index (Phi) is 4.70. The lowest BCUT2D eigenvalue weighted by Crippen LogP contribution is -2.09. The van der Waals surface area contributed by atoms with E-state index in [9.17, 15) is 4.79 Å². The van der Waals surface area contributed by atoms with Crippen molar-refractivity contribution in [3.05, 3.63) is 52.7 Å². The van der Waals surface area contributed by atoms with E-state index in [1.54, 1.807) is 0 Å². The van der Waals surface area contributed by atoms with Gasteiger partial charge in [-0.15, -0.1) is 0 Å². The van der Waals surface area contributed by atoms with Crippen LogP contribution in [0.1, 0.15) is 36.2 Å². The lowest BCUT2D eigenvalue weighted by molar-refractivity contribution is 0.101. The quantitative estimate of drug-likeness (QED) is 0.633. The van der Waals surface area contributed by atoms with Gasteiger partial charge in [0.2, 0.25) is 0 Å². The molecule has 0 fully saturated rings. The number of hydrogen-bond acceptors (Lipinski definition) is 4. The van der Waals surface area contributed by atoms with E-state index in [0.29, 0.717) is 29.1 Å². The summed E-state index contributed by atoms with van der Waals surface area (Å²) >= 11 is 6.31. The topological polar surface area (TPSA) is 65.8 Å². The van der Waals surface area contributed by atoms with E-state index in [4.69, 9.17) is 17.0 Å². The van der Waals surface area contributed by atoms with E-state index in [2.05, 4.69) is 10.3 Å². The number of Topliss-reactive ketones (excluding diaryl/α,β-unsaturated/α-hetero) is 1. The fraction of sp³-hybridized carbons (Fsp3) is 0.188. The van der Waals surface area contributed by atoms with E-state index in [0.717, 1.165) is 5.69 Å². The number of hydrogen-bond donors (Lipinski definition) is 2. The molecule has 1 aromatic carbocycles. The number of pyridine rings is 1. The Hall–Kier alpha value is -2.20. The number of anilines is 2. The number of rotatable bonds is 5. The molecule has 5 heteroatoms. The van der Waals surface area contributed by atoms with Gasteiger partial charge in [0.1, 0.15) is 5.82 Å². The molecule has 0 unspecified atom stereocenters. The van der Waals surface area contributed by atoms with Crippen LogP contribution in [-0.2, 0) is 0 Å². The van der Waals surface area contributed by atoms with Crippen LogP contribution in [0.15, 0.2) is 36.5 Å². The van der Waals surface area contributed by atoms with Gasteiger partial charge < -0.3 is 10.7 Å². The molecule has 2 rings (SSSR count). The predicted molar refractivity (Wildman–Crippen MR) is 86.1 cm³/mol. The second-order valence-electron chi connectivity index (χ2n) is 4.59. The fourth-order valence-corrected chi connectivity index (χ4v) is 2.32. The summed E-state index contributed by atoms with van der Waals surface area (Å²) in [6, 6.07) is 9.51. The Morgan fingerprint density at radius 1 is 1.33 bits per heavy atom. The maximum atomic E-state index is 11.6. The van der Waals surface area contributed by atoms with Gasteiger partial charge in [0.25, 0.3) is 0 Å². The molecule has 4 nitrogen and oxygen atoms in total. The zero-order valence-corrected chi connectivity index (χ0v) is 12.7. The first-order valence-electron chi connectivity index (χ1n) is 6.63. The highest BCUT2D eigenvalue weighted by atomic mass is 35.5. The molecule has 0 spiro atoms. The number of aromatic nitrogens is 1. The molecule has 0 atom stereocenters. The minimum atomic E-state index is -0.163. The highest BCUT2D eigenvalue weighted by molar-refractivity contribution is 6.37. The smallest absolute Gasteiger partial charge is 0.162 e. The summed E-state index contributed by atoms with van der Waals surface area (Å²) in [5.41, 5.74) is 2.01. The van der Waals surface area contributed by atoms with Gasteiger partial charge in [-0.25, -0.2) is 4.98 Å². The van der Waals surface area contributed by atoms with Gasteiger partial charge in [-0.1, -0.05) is 36.7 Å². The summed E-state index contributed by atoms with van der Waals surface area (Å²) in [7, 11) is 0. The number of nitrogens with zero attached hydrogens (tertiary/aromatic N) is 1. The summed E-state index contributed by atoms with van der Waals surface area (Å²) in [5.74, 6) is 0.326. The third kappa shape index (κ3) is 3.28. The number of benzene rings is 1. The first-order chi connectivity index (χ1) is 10.0. The van der Waals surface area contributed by atoms with Gasteiger partial charge in [0, 0.05) is 17.6 Å². The Morgan fingerprint density at radius 2 is 2.00 bits per heavy atom. The van der Waals surface area contributed by atoms with Crippen LogP contribution in [0.4, 0.5) is 11.5 Å². The molecule has 1 aromatic heterocycles. The standard InChI is InChI=1S/C16H16ClN3O/c1-3-13(18)14-15(17)12(10(2)21)9-19-16(14)20-11-7-5-4-6-8-11/h4-9,18H,3H2,1-2H3,(H,19,20). The Bertz CT molecular complexity index is 683. The third-order valence-electron chi connectivity index (χ3n) is 3.09. The maximum absolute atomic E-state index is 11.6. The molecule has 2 N–H and O–H groups in total. The van der Waals surface area contributed by atoms with Gasteiger partial charge in [0.15, 0.2) is 5.78 Å². The monoisotopic (exact) mass is 301 g/mol. The summed E-state index contributed by atoms with van der Waals surface area (Å²) in [4.78, 5) is 15.9. The van der Waals surface area contributed by atoms with Crippen LogP contribution >= 0.6 is 11.6 Å². The number of halogens is 1. The minimum absolute atomic E-state index is 0.163. The molecule has 21 heavy (non-hydrogen) atoms. The van der Waals surface area contributed by atoms with Gasteiger partial charge in [-0.3, -0.25) is 4.79 Å². The van der Waals surface area contributed by atoms with Gasteiger partial charge in [-0.05, 0) is 25.5 Å². The molecule has 0 amide bonds. The van der Waals surface area contributed by atoms with Crippen molar-refractivity contribution in [1.29, 1.82) is 5.41 Å². The van der Waals surface area contributed by atoms with Crippen molar-refractivity contribution in [2.24, 2.45) is 0 Å². The number of nitrogens with one attached hydrogen (secondary N) is 2. The number of para-hydroxylation sites is 1. The molecule has 0 radical (unpaired) electrons. The second kappa shape index (κ2) is 6.50. The van der Waals surface area contributed by atoms with Crippen LogP contribution in [0.5, 0.6) is 0 Å². The van der Waals surface area contributed by atoms with Crippen molar-refractivity contribution in [1.82, 2.24) is 4.98 Å². The van der Waals surface area contributed by atoms with Crippen molar-refractivity contribution >= 4 is 34.6 Å². The SMILES string of the molecule is CCC(=N)c1c(Nc2ccccc2)ncc(C(C)=O)c1Cl. The number of carbonyl (C=O) groups is 1. The summed E-state index contributed by atoms with van der Waals surface area (Å²) in [6.45, 7) is 3.30. The van der Waals surface area contributed by atoms with Crippen LogP contribution in [0.2, 0.25) is 5.02 Å². The molecule has 1 heterocycles. The Balaban J connectivity index is 2.53. The van der Waals surface area contributed by atoms with Crippen LogP contribution < -0.4 is 5.32 Å². The minimum Gasteiger partial charge on any atom is -0.340 e. The normalized spacial score (nSPS) is 10.2.